The van der Waals surface area contributed by atoms with Crippen LogP contribution in [0, 0.1) is 23.0 Å². The Morgan fingerprint density at radius 1 is 1.27 bits per heavy atom. The first-order chi connectivity index (χ1) is 14.6. The van der Waals surface area contributed by atoms with Crippen LogP contribution < -0.4 is 10.0 Å². The molecule has 4 atom stereocenters. The number of carbonyl (C=O) groups excluding carboxylic acids is 1. The molecule has 6 bridgehead atoms. The van der Waals surface area contributed by atoms with Crippen molar-refractivity contribution in [2.45, 2.75) is 69.1 Å². The second-order valence-electron chi connectivity index (χ2n) is 10.1. The lowest BCUT2D eigenvalue weighted by molar-refractivity contribution is -0.605. The van der Waals surface area contributed by atoms with E-state index in [0.29, 0.717) is 28.6 Å². The number of carbonyl (C=O) groups is 1. The molecule has 2 aromatic heterocycles. The summed E-state index contributed by atoms with van der Waals surface area (Å²) in [5.74, 6) is 2.54. The van der Waals surface area contributed by atoms with Crippen LogP contribution in [-0.4, -0.2) is 32.3 Å². The van der Waals surface area contributed by atoms with Gasteiger partial charge in [0.15, 0.2) is 11.9 Å². The summed E-state index contributed by atoms with van der Waals surface area (Å²) in [5.41, 5.74) is 2.33. The van der Waals surface area contributed by atoms with Gasteiger partial charge in [0.2, 0.25) is 12.0 Å². The third kappa shape index (κ3) is 2.31. The summed E-state index contributed by atoms with van der Waals surface area (Å²) < 4.78 is 8.51. The second kappa shape index (κ2) is 5.81. The van der Waals surface area contributed by atoms with E-state index >= 15 is 0 Å². The SMILES string of the molecule is O=C(NC12CC3CC(CC1C3)C2)c1nn(-c2c[n+]([O-])ccn2)c2c1CC1CCC2O1. The molecule has 2 aliphatic heterocycles. The zero-order valence-corrected chi connectivity index (χ0v) is 16.8. The molecule has 0 aromatic carbocycles. The van der Waals surface area contributed by atoms with E-state index in [4.69, 9.17) is 9.84 Å². The molecule has 8 heteroatoms. The molecule has 156 valence electrons. The van der Waals surface area contributed by atoms with Crippen molar-refractivity contribution in [2.24, 2.45) is 17.8 Å². The molecule has 1 saturated heterocycles. The van der Waals surface area contributed by atoms with Crippen LogP contribution >= 0.6 is 0 Å². The van der Waals surface area contributed by atoms with Gasteiger partial charge in [0, 0.05) is 17.5 Å². The number of hydrogen-bond donors (Lipinski definition) is 1. The number of rotatable bonds is 3. The van der Waals surface area contributed by atoms with Crippen LogP contribution in [0.15, 0.2) is 18.6 Å². The largest absolute Gasteiger partial charge is 0.619 e. The van der Waals surface area contributed by atoms with Gasteiger partial charge in [-0.25, -0.2) is 9.67 Å². The first-order valence-corrected chi connectivity index (χ1v) is 11.2. The molecule has 30 heavy (non-hydrogen) atoms. The van der Waals surface area contributed by atoms with E-state index in [9.17, 15) is 10.0 Å². The van der Waals surface area contributed by atoms with Gasteiger partial charge in [0.05, 0.1) is 18.0 Å². The molecule has 5 fully saturated rings. The molecule has 4 unspecified atom stereocenters. The van der Waals surface area contributed by atoms with Crippen LogP contribution in [0.2, 0.25) is 0 Å². The van der Waals surface area contributed by atoms with Gasteiger partial charge in [-0.15, -0.1) is 0 Å². The Hall–Kier alpha value is -2.48. The fourth-order valence-corrected chi connectivity index (χ4v) is 7.40. The average Bonchev–Trinajstić information content (AvgIpc) is 3.41. The van der Waals surface area contributed by atoms with Crippen LogP contribution in [0.4, 0.5) is 0 Å². The van der Waals surface area contributed by atoms with Gasteiger partial charge in [0.1, 0.15) is 6.10 Å². The highest BCUT2D eigenvalue weighted by molar-refractivity contribution is 5.95. The Kier molecular flexibility index (Phi) is 3.34. The maximum absolute atomic E-state index is 13.6. The molecule has 0 spiro atoms. The first kappa shape index (κ1) is 17.2. The van der Waals surface area contributed by atoms with Crippen molar-refractivity contribution in [2.75, 3.05) is 0 Å². The Morgan fingerprint density at radius 2 is 2.10 bits per heavy atom. The predicted octanol–water partition coefficient (Wildman–Crippen LogP) is 1.99. The summed E-state index contributed by atoms with van der Waals surface area (Å²) in [6, 6.07) is 0. The normalized spacial score (nSPS) is 37.5. The zero-order chi connectivity index (χ0) is 20.0. The standard InChI is InChI=1S/C22H25N5O3/c28-21(24-22-9-12-5-13(10-22)7-14(22)6-12)19-16-8-15-1-2-17(30-15)20(16)27(25-19)18-11-26(29)4-3-23-18/h3-4,11-15,17H,1-2,5-10H2,(H,24,28). The third-order valence-electron chi connectivity index (χ3n) is 8.31. The van der Waals surface area contributed by atoms with E-state index in [-0.39, 0.29) is 23.7 Å². The Morgan fingerprint density at radius 3 is 2.90 bits per heavy atom. The zero-order valence-electron chi connectivity index (χ0n) is 16.8. The summed E-state index contributed by atoms with van der Waals surface area (Å²) in [4.78, 5) is 17.9. The van der Waals surface area contributed by atoms with Crippen molar-refractivity contribution >= 4 is 5.91 Å². The van der Waals surface area contributed by atoms with Gasteiger partial charge < -0.3 is 15.3 Å². The van der Waals surface area contributed by atoms with Gasteiger partial charge in [-0.2, -0.15) is 9.83 Å². The van der Waals surface area contributed by atoms with Crippen molar-refractivity contribution < 1.29 is 14.3 Å². The van der Waals surface area contributed by atoms with E-state index in [1.807, 2.05) is 0 Å². The summed E-state index contributed by atoms with van der Waals surface area (Å²) >= 11 is 0. The fraction of sp³-hybridized carbons (Fsp3) is 0.636. The van der Waals surface area contributed by atoms with Gasteiger partial charge in [-0.3, -0.25) is 4.79 Å². The first-order valence-electron chi connectivity index (χ1n) is 11.2. The third-order valence-corrected chi connectivity index (χ3v) is 8.31. The van der Waals surface area contributed by atoms with Gasteiger partial charge in [-0.05, 0) is 62.7 Å². The van der Waals surface area contributed by atoms with Crippen molar-refractivity contribution in [3.8, 4) is 5.82 Å². The van der Waals surface area contributed by atoms with Crippen LogP contribution in [0.25, 0.3) is 5.82 Å². The van der Waals surface area contributed by atoms with Crippen LogP contribution in [0.5, 0.6) is 0 Å². The van der Waals surface area contributed by atoms with E-state index < -0.39 is 0 Å². The molecular formula is C22H25N5O3. The molecule has 4 aliphatic carbocycles. The highest BCUT2D eigenvalue weighted by Crippen LogP contribution is 2.60. The Bertz CT molecular complexity index is 1050. The lowest BCUT2D eigenvalue weighted by Crippen LogP contribution is -2.49. The molecule has 4 heterocycles. The van der Waals surface area contributed by atoms with Crippen LogP contribution in [0.1, 0.15) is 72.8 Å². The van der Waals surface area contributed by atoms with Gasteiger partial charge in [0.25, 0.3) is 5.91 Å². The van der Waals surface area contributed by atoms with E-state index in [1.54, 1.807) is 4.68 Å². The summed E-state index contributed by atoms with van der Waals surface area (Å²) in [6.07, 6.45) is 13.0. The summed E-state index contributed by atoms with van der Waals surface area (Å²) in [7, 11) is 0. The van der Waals surface area contributed by atoms with Crippen LogP contribution in [0.3, 0.4) is 0 Å². The maximum atomic E-state index is 13.6. The van der Waals surface area contributed by atoms with E-state index in [2.05, 4.69) is 10.3 Å². The lowest BCUT2D eigenvalue weighted by atomic mass is 9.80. The second-order valence-corrected chi connectivity index (χ2v) is 10.1. The summed E-state index contributed by atoms with van der Waals surface area (Å²) in [5, 5.41) is 20.0. The molecule has 4 saturated carbocycles. The molecule has 8 nitrogen and oxygen atoms in total. The van der Waals surface area contributed by atoms with Crippen molar-refractivity contribution in [1.29, 1.82) is 0 Å². The number of aromatic nitrogens is 4. The molecule has 2 aromatic rings. The number of ether oxygens (including phenoxy) is 1. The molecule has 6 aliphatic rings. The minimum Gasteiger partial charge on any atom is -0.619 e. The fourth-order valence-electron chi connectivity index (χ4n) is 7.40. The predicted molar refractivity (Wildman–Crippen MR) is 105 cm³/mol. The lowest BCUT2D eigenvalue weighted by Gasteiger charge is -2.33. The maximum Gasteiger partial charge on any atom is 0.272 e. The minimum atomic E-state index is -0.0913. The molecule has 0 radical (unpaired) electrons. The smallest absolute Gasteiger partial charge is 0.272 e. The molecule has 1 N–H and O–H groups in total. The molecule has 8 rings (SSSR count). The van der Waals surface area contributed by atoms with Crippen molar-refractivity contribution in [1.82, 2.24) is 20.1 Å². The number of hydrogen-bond acceptors (Lipinski definition) is 5. The molecule has 1 amide bonds. The highest BCUT2D eigenvalue weighted by Gasteiger charge is 2.58. The van der Waals surface area contributed by atoms with E-state index in [0.717, 1.165) is 48.8 Å². The number of nitrogens with zero attached hydrogens (tertiary/aromatic N) is 4. The topological polar surface area (TPSA) is 96.0 Å². The minimum absolute atomic E-state index is 0.0332. The van der Waals surface area contributed by atoms with Gasteiger partial charge >= 0.3 is 0 Å². The Balaban J connectivity index is 1.30. The number of fused-ring (bicyclic) bond motifs is 4. The van der Waals surface area contributed by atoms with Gasteiger partial charge in [-0.1, -0.05) is 0 Å². The highest BCUT2D eigenvalue weighted by atomic mass is 16.5. The van der Waals surface area contributed by atoms with E-state index in [1.165, 1.54) is 37.9 Å². The number of amides is 1. The quantitative estimate of drug-likeness (QED) is 0.620. The Labute approximate surface area is 174 Å². The molecular weight excluding hydrogens is 382 g/mol. The number of nitrogens with one attached hydrogen (secondary N) is 1. The van der Waals surface area contributed by atoms with Crippen molar-refractivity contribution in [3.63, 3.8) is 0 Å². The monoisotopic (exact) mass is 407 g/mol. The van der Waals surface area contributed by atoms with Crippen LogP contribution in [-0.2, 0) is 11.2 Å². The average molecular weight is 407 g/mol. The summed E-state index contributed by atoms with van der Waals surface area (Å²) in [6.45, 7) is 0. The van der Waals surface area contributed by atoms with Crippen molar-refractivity contribution in [3.05, 3.63) is 40.7 Å².